The van der Waals surface area contributed by atoms with Gasteiger partial charge in [0.15, 0.2) is 0 Å². The number of benzene rings is 2. The number of halogens is 3. The van der Waals surface area contributed by atoms with Crippen molar-refractivity contribution in [3.63, 3.8) is 0 Å². The van der Waals surface area contributed by atoms with Crippen molar-refractivity contribution in [3.05, 3.63) is 60.2 Å². The van der Waals surface area contributed by atoms with Gasteiger partial charge in [-0.2, -0.15) is 17.5 Å². The average Bonchev–Trinajstić information content (AvgIpc) is 2.66. The predicted molar refractivity (Wildman–Crippen MR) is 96.6 cm³/mol. The third kappa shape index (κ3) is 6.24. The standard InChI is InChI=1S/C18H19F3N2O4S/c1-23(11-12-27-15-5-3-2-4-6-15)28(25,26)16-9-7-14(8-10-16)17(24)22-13-18(19,20)21/h2-10H,11-13H2,1H3,(H,22,24). The zero-order valence-electron chi connectivity index (χ0n) is 14.9. The molecule has 0 spiro atoms. The Morgan fingerprint density at radius 3 is 2.25 bits per heavy atom. The second kappa shape index (κ2) is 9.07. The molecule has 0 aliphatic heterocycles. The molecule has 0 aromatic heterocycles. The molecule has 0 saturated heterocycles. The molecule has 0 heterocycles. The number of alkyl halides is 3. The molecule has 1 N–H and O–H groups in total. The number of hydrogen-bond acceptors (Lipinski definition) is 4. The molecule has 0 atom stereocenters. The zero-order chi connectivity index (χ0) is 20.8. The number of nitrogens with zero attached hydrogens (tertiary/aromatic N) is 1. The first kappa shape index (κ1) is 21.7. The van der Waals surface area contributed by atoms with Crippen LogP contribution in [-0.2, 0) is 10.0 Å². The van der Waals surface area contributed by atoms with Crippen LogP contribution in [0.25, 0.3) is 0 Å². The van der Waals surface area contributed by atoms with Crippen LogP contribution in [0.3, 0.4) is 0 Å². The molecule has 0 aliphatic carbocycles. The van der Waals surface area contributed by atoms with E-state index >= 15 is 0 Å². The van der Waals surface area contributed by atoms with E-state index in [9.17, 15) is 26.4 Å². The number of hydrogen-bond donors (Lipinski definition) is 1. The third-order valence-electron chi connectivity index (χ3n) is 3.69. The number of amides is 1. The SMILES string of the molecule is CN(CCOc1ccccc1)S(=O)(=O)c1ccc(C(=O)NCC(F)(F)F)cc1. The van der Waals surface area contributed by atoms with Crippen LogP contribution in [0, 0.1) is 0 Å². The molecule has 0 radical (unpaired) electrons. The fraction of sp³-hybridized carbons (Fsp3) is 0.278. The van der Waals surface area contributed by atoms with E-state index < -0.39 is 28.7 Å². The highest BCUT2D eigenvalue weighted by molar-refractivity contribution is 7.89. The Morgan fingerprint density at radius 1 is 1.07 bits per heavy atom. The van der Waals surface area contributed by atoms with Gasteiger partial charge in [-0.3, -0.25) is 4.79 Å². The molecule has 1 amide bonds. The first-order valence-corrected chi connectivity index (χ1v) is 9.63. The Bertz CT molecular complexity index is 885. The molecule has 0 saturated carbocycles. The fourth-order valence-electron chi connectivity index (χ4n) is 2.17. The molecule has 2 aromatic rings. The molecule has 10 heteroatoms. The number of carbonyl (C=O) groups excluding carboxylic acids is 1. The third-order valence-corrected chi connectivity index (χ3v) is 5.56. The summed E-state index contributed by atoms with van der Waals surface area (Å²) in [4.78, 5) is 11.6. The number of likely N-dealkylation sites (N-methyl/N-ethyl adjacent to an activating group) is 1. The molecular weight excluding hydrogens is 397 g/mol. The van der Waals surface area contributed by atoms with Crippen molar-refractivity contribution < 1.29 is 31.1 Å². The van der Waals surface area contributed by atoms with Gasteiger partial charge in [0.2, 0.25) is 10.0 Å². The summed E-state index contributed by atoms with van der Waals surface area (Å²) >= 11 is 0. The summed E-state index contributed by atoms with van der Waals surface area (Å²) in [5.74, 6) is -0.326. The lowest BCUT2D eigenvalue weighted by Crippen LogP contribution is -2.33. The van der Waals surface area contributed by atoms with Crippen LogP contribution in [0.4, 0.5) is 13.2 Å². The van der Waals surface area contributed by atoms with Gasteiger partial charge in [0.05, 0.1) is 4.90 Å². The second-order valence-corrected chi connectivity index (χ2v) is 7.86. The van der Waals surface area contributed by atoms with Crippen molar-refractivity contribution in [1.82, 2.24) is 9.62 Å². The minimum Gasteiger partial charge on any atom is -0.492 e. The highest BCUT2D eigenvalue weighted by atomic mass is 32.2. The first-order valence-electron chi connectivity index (χ1n) is 8.19. The van der Waals surface area contributed by atoms with Crippen LogP contribution in [-0.4, -0.2) is 51.6 Å². The molecule has 2 rings (SSSR count). The van der Waals surface area contributed by atoms with E-state index in [2.05, 4.69) is 0 Å². The van der Waals surface area contributed by atoms with Gasteiger partial charge < -0.3 is 10.1 Å². The highest BCUT2D eigenvalue weighted by Gasteiger charge is 2.28. The molecule has 0 fully saturated rings. The van der Waals surface area contributed by atoms with E-state index in [-0.39, 0.29) is 23.6 Å². The second-order valence-electron chi connectivity index (χ2n) is 5.81. The average molecular weight is 416 g/mol. The van der Waals surface area contributed by atoms with Crippen LogP contribution in [0.15, 0.2) is 59.5 Å². The number of carbonyl (C=O) groups is 1. The van der Waals surface area contributed by atoms with Crippen LogP contribution in [0.5, 0.6) is 5.75 Å². The van der Waals surface area contributed by atoms with Gasteiger partial charge in [-0.05, 0) is 36.4 Å². The maximum absolute atomic E-state index is 12.5. The van der Waals surface area contributed by atoms with Crippen molar-refractivity contribution in [3.8, 4) is 5.75 Å². The van der Waals surface area contributed by atoms with Gasteiger partial charge in [-0.15, -0.1) is 0 Å². The van der Waals surface area contributed by atoms with E-state index in [4.69, 9.17) is 4.74 Å². The quantitative estimate of drug-likeness (QED) is 0.718. The molecule has 0 aliphatic rings. The van der Waals surface area contributed by atoms with Crippen LogP contribution < -0.4 is 10.1 Å². The first-order chi connectivity index (χ1) is 13.1. The number of rotatable bonds is 8. The van der Waals surface area contributed by atoms with E-state index in [0.717, 1.165) is 16.4 Å². The van der Waals surface area contributed by atoms with Gasteiger partial charge in [0.1, 0.15) is 18.9 Å². The van der Waals surface area contributed by atoms with Gasteiger partial charge in [0.25, 0.3) is 5.91 Å². The van der Waals surface area contributed by atoms with Crippen molar-refractivity contribution in [2.24, 2.45) is 0 Å². The fourth-order valence-corrected chi connectivity index (χ4v) is 3.32. The van der Waals surface area contributed by atoms with Crippen molar-refractivity contribution in [1.29, 1.82) is 0 Å². The maximum Gasteiger partial charge on any atom is 0.405 e. The lowest BCUT2D eigenvalue weighted by molar-refractivity contribution is -0.123. The van der Waals surface area contributed by atoms with E-state index in [1.807, 2.05) is 6.07 Å². The van der Waals surface area contributed by atoms with Gasteiger partial charge in [0, 0.05) is 19.2 Å². The van der Waals surface area contributed by atoms with Crippen molar-refractivity contribution in [2.75, 3.05) is 26.7 Å². The number of ether oxygens (including phenoxy) is 1. The number of nitrogens with one attached hydrogen (secondary N) is 1. The smallest absolute Gasteiger partial charge is 0.405 e. The topological polar surface area (TPSA) is 75.7 Å². The molecular formula is C18H19F3N2O4S. The van der Waals surface area contributed by atoms with Crippen LogP contribution in [0.1, 0.15) is 10.4 Å². The normalized spacial score (nSPS) is 12.0. The lowest BCUT2D eigenvalue weighted by Gasteiger charge is -2.17. The number of sulfonamides is 1. The maximum atomic E-state index is 12.5. The molecule has 28 heavy (non-hydrogen) atoms. The van der Waals surface area contributed by atoms with E-state index in [0.29, 0.717) is 5.75 Å². The zero-order valence-corrected chi connectivity index (χ0v) is 15.8. The summed E-state index contributed by atoms with van der Waals surface area (Å²) in [5.41, 5.74) is -0.0711. The minimum atomic E-state index is -4.52. The largest absolute Gasteiger partial charge is 0.492 e. The molecule has 0 unspecified atom stereocenters. The summed E-state index contributed by atoms with van der Waals surface area (Å²) in [7, 11) is -2.45. The Balaban J connectivity index is 1.95. The Labute approximate surface area is 161 Å². The Morgan fingerprint density at radius 2 is 1.68 bits per heavy atom. The summed E-state index contributed by atoms with van der Waals surface area (Å²) in [6, 6.07) is 13.6. The summed E-state index contributed by atoms with van der Waals surface area (Å²) in [6.45, 7) is -1.24. The van der Waals surface area contributed by atoms with Gasteiger partial charge >= 0.3 is 6.18 Å². The summed E-state index contributed by atoms with van der Waals surface area (Å²) in [5, 5.41) is 1.72. The summed E-state index contributed by atoms with van der Waals surface area (Å²) < 4.78 is 68.0. The van der Waals surface area contributed by atoms with E-state index in [1.54, 1.807) is 29.6 Å². The monoisotopic (exact) mass is 416 g/mol. The lowest BCUT2D eigenvalue weighted by atomic mass is 10.2. The van der Waals surface area contributed by atoms with Crippen LogP contribution in [0.2, 0.25) is 0 Å². The van der Waals surface area contributed by atoms with Crippen molar-refractivity contribution in [2.45, 2.75) is 11.1 Å². The Hall–Kier alpha value is -2.59. The molecule has 6 nitrogen and oxygen atoms in total. The van der Waals surface area contributed by atoms with Crippen molar-refractivity contribution >= 4 is 15.9 Å². The summed E-state index contributed by atoms with van der Waals surface area (Å²) in [6.07, 6.45) is -4.52. The predicted octanol–water partition coefficient (Wildman–Crippen LogP) is 2.68. The highest BCUT2D eigenvalue weighted by Crippen LogP contribution is 2.17. The van der Waals surface area contributed by atoms with Gasteiger partial charge in [-0.1, -0.05) is 18.2 Å². The molecule has 152 valence electrons. The van der Waals surface area contributed by atoms with Gasteiger partial charge in [-0.25, -0.2) is 8.42 Å². The van der Waals surface area contributed by atoms with Crippen LogP contribution >= 0.6 is 0 Å². The Kier molecular flexibility index (Phi) is 7.03. The minimum absolute atomic E-state index is 0.0711. The van der Waals surface area contributed by atoms with E-state index in [1.165, 1.54) is 19.2 Å². The molecule has 0 bridgehead atoms. The number of para-hydroxylation sites is 1. The molecule has 2 aromatic carbocycles.